The number of anilines is 1. The SMILES string of the molecule is COc1ccc(-c2csc(NC(=O)c3cc(Cl)cc(Cl)c3)n2)cc1. The van der Waals surface area contributed by atoms with Crippen LogP contribution in [0.1, 0.15) is 10.4 Å². The molecule has 1 amide bonds. The van der Waals surface area contributed by atoms with Gasteiger partial charge in [0.15, 0.2) is 5.13 Å². The van der Waals surface area contributed by atoms with Crippen LogP contribution < -0.4 is 10.1 Å². The number of carbonyl (C=O) groups is 1. The third kappa shape index (κ3) is 3.87. The minimum Gasteiger partial charge on any atom is -0.497 e. The zero-order chi connectivity index (χ0) is 17.1. The molecule has 122 valence electrons. The second kappa shape index (κ2) is 7.21. The number of hydrogen-bond donors (Lipinski definition) is 1. The van der Waals surface area contributed by atoms with Crippen LogP contribution in [0.4, 0.5) is 5.13 Å². The maximum Gasteiger partial charge on any atom is 0.257 e. The first kappa shape index (κ1) is 16.8. The lowest BCUT2D eigenvalue weighted by Crippen LogP contribution is -2.11. The Labute approximate surface area is 153 Å². The van der Waals surface area contributed by atoms with Crippen LogP contribution in [0, 0.1) is 0 Å². The van der Waals surface area contributed by atoms with Gasteiger partial charge in [0, 0.05) is 26.6 Å². The summed E-state index contributed by atoms with van der Waals surface area (Å²) >= 11 is 13.2. The van der Waals surface area contributed by atoms with Crippen molar-refractivity contribution >= 4 is 45.6 Å². The highest BCUT2D eigenvalue weighted by Gasteiger charge is 2.11. The van der Waals surface area contributed by atoms with Gasteiger partial charge in [0.2, 0.25) is 0 Å². The molecule has 4 nitrogen and oxygen atoms in total. The number of aromatic nitrogens is 1. The summed E-state index contributed by atoms with van der Waals surface area (Å²) in [7, 11) is 1.62. The largest absolute Gasteiger partial charge is 0.497 e. The first-order valence-corrected chi connectivity index (χ1v) is 8.56. The Morgan fingerprint density at radius 2 is 1.79 bits per heavy atom. The number of benzene rings is 2. The fraction of sp³-hybridized carbons (Fsp3) is 0.0588. The number of halogens is 2. The number of nitrogens with one attached hydrogen (secondary N) is 1. The maximum absolute atomic E-state index is 12.3. The number of hydrogen-bond acceptors (Lipinski definition) is 4. The fourth-order valence-corrected chi connectivity index (χ4v) is 3.32. The normalized spacial score (nSPS) is 10.5. The molecule has 24 heavy (non-hydrogen) atoms. The highest BCUT2D eigenvalue weighted by Crippen LogP contribution is 2.27. The molecule has 3 rings (SSSR count). The minimum absolute atomic E-state index is 0.310. The van der Waals surface area contributed by atoms with E-state index in [1.54, 1.807) is 25.3 Å². The van der Waals surface area contributed by atoms with Crippen LogP contribution >= 0.6 is 34.5 Å². The quantitative estimate of drug-likeness (QED) is 0.662. The van der Waals surface area contributed by atoms with E-state index in [9.17, 15) is 4.79 Å². The Morgan fingerprint density at radius 3 is 2.42 bits per heavy atom. The van der Waals surface area contributed by atoms with Crippen LogP contribution in [-0.4, -0.2) is 18.0 Å². The number of nitrogens with zero attached hydrogens (tertiary/aromatic N) is 1. The molecule has 0 saturated heterocycles. The molecule has 1 aromatic heterocycles. The van der Waals surface area contributed by atoms with Crippen molar-refractivity contribution in [1.29, 1.82) is 0 Å². The molecule has 0 aliphatic rings. The molecular weight excluding hydrogens is 367 g/mol. The average Bonchev–Trinajstić information content (AvgIpc) is 3.02. The molecule has 0 atom stereocenters. The Hall–Kier alpha value is -2.08. The molecule has 0 spiro atoms. The van der Waals surface area contributed by atoms with Crippen LogP contribution in [-0.2, 0) is 0 Å². The van der Waals surface area contributed by atoms with Gasteiger partial charge in [0.1, 0.15) is 5.75 Å². The molecule has 7 heteroatoms. The van der Waals surface area contributed by atoms with Crippen molar-refractivity contribution in [2.45, 2.75) is 0 Å². The van der Waals surface area contributed by atoms with E-state index in [1.165, 1.54) is 11.3 Å². The topological polar surface area (TPSA) is 51.2 Å². The molecule has 2 aromatic carbocycles. The van der Waals surface area contributed by atoms with E-state index in [4.69, 9.17) is 27.9 Å². The number of amides is 1. The first-order valence-electron chi connectivity index (χ1n) is 6.92. The number of rotatable bonds is 4. The third-order valence-electron chi connectivity index (χ3n) is 3.24. The standard InChI is InChI=1S/C17H12Cl2N2O2S/c1-23-14-4-2-10(3-5-14)15-9-24-17(20-15)21-16(22)11-6-12(18)8-13(19)7-11/h2-9H,1H3,(H,20,21,22). The van der Waals surface area contributed by atoms with Gasteiger partial charge in [-0.05, 0) is 42.5 Å². The van der Waals surface area contributed by atoms with Gasteiger partial charge in [0.25, 0.3) is 5.91 Å². The van der Waals surface area contributed by atoms with E-state index in [2.05, 4.69) is 10.3 Å². The average molecular weight is 379 g/mol. The lowest BCUT2D eigenvalue weighted by atomic mass is 10.2. The van der Waals surface area contributed by atoms with E-state index in [0.717, 1.165) is 17.0 Å². The second-order valence-corrected chi connectivity index (χ2v) is 6.61. The van der Waals surface area contributed by atoms with Crippen molar-refractivity contribution in [2.75, 3.05) is 12.4 Å². The molecule has 0 unspecified atom stereocenters. The van der Waals surface area contributed by atoms with Gasteiger partial charge >= 0.3 is 0 Å². The number of methoxy groups -OCH3 is 1. The summed E-state index contributed by atoms with van der Waals surface area (Å²) in [4.78, 5) is 16.7. The van der Waals surface area contributed by atoms with Crippen molar-refractivity contribution in [3.8, 4) is 17.0 Å². The van der Waals surface area contributed by atoms with Crippen LogP contribution in [0.15, 0.2) is 47.8 Å². The third-order valence-corrected chi connectivity index (χ3v) is 4.43. The highest BCUT2D eigenvalue weighted by atomic mass is 35.5. The first-order chi connectivity index (χ1) is 11.5. The monoisotopic (exact) mass is 378 g/mol. The summed E-state index contributed by atoms with van der Waals surface area (Å²) in [5.41, 5.74) is 2.11. The number of carbonyl (C=O) groups excluding carboxylic acids is 1. The van der Waals surface area contributed by atoms with Gasteiger partial charge in [-0.15, -0.1) is 11.3 Å². The Balaban J connectivity index is 1.76. The predicted octanol–water partition coefficient (Wildman–Crippen LogP) is 5.38. The van der Waals surface area contributed by atoms with Crippen molar-refractivity contribution in [1.82, 2.24) is 4.98 Å². The summed E-state index contributed by atoms with van der Waals surface area (Å²) < 4.78 is 5.13. The van der Waals surface area contributed by atoms with Gasteiger partial charge in [0.05, 0.1) is 12.8 Å². The molecule has 0 aliphatic heterocycles. The molecule has 0 radical (unpaired) electrons. The molecule has 0 bridgehead atoms. The van der Waals surface area contributed by atoms with E-state index in [-0.39, 0.29) is 5.91 Å². The molecule has 0 fully saturated rings. The summed E-state index contributed by atoms with van der Waals surface area (Å²) in [6.45, 7) is 0. The van der Waals surface area contributed by atoms with Crippen molar-refractivity contribution < 1.29 is 9.53 Å². The molecule has 3 aromatic rings. The van der Waals surface area contributed by atoms with Crippen LogP contribution in [0.25, 0.3) is 11.3 Å². The Morgan fingerprint density at radius 1 is 1.12 bits per heavy atom. The van der Waals surface area contributed by atoms with Gasteiger partial charge in [-0.1, -0.05) is 23.2 Å². The van der Waals surface area contributed by atoms with Crippen molar-refractivity contribution in [3.63, 3.8) is 0 Å². The lowest BCUT2D eigenvalue weighted by molar-refractivity contribution is 0.102. The number of thiazole rings is 1. The predicted molar refractivity (Wildman–Crippen MR) is 98.5 cm³/mol. The van der Waals surface area contributed by atoms with E-state index >= 15 is 0 Å². The van der Waals surface area contributed by atoms with Crippen molar-refractivity contribution in [2.24, 2.45) is 0 Å². The van der Waals surface area contributed by atoms with Crippen molar-refractivity contribution in [3.05, 3.63) is 63.5 Å². The smallest absolute Gasteiger partial charge is 0.257 e. The summed E-state index contributed by atoms with van der Waals surface area (Å²) in [5.74, 6) is 0.468. The molecule has 1 heterocycles. The Bertz CT molecular complexity index is 858. The summed E-state index contributed by atoms with van der Waals surface area (Å²) in [5, 5.41) is 5.95. The number of ether oxygens (including phenoxy) is 1. The van der Waals surface area contributed by atoms with E-state index in [0.29, 0.717) is 20.7 Å². The molecular formula is C17H12Cl2N2O2S. The van der Waals surface area contributed by atoms with Gasteiger partial charge in [-0.3, -0.25) is 10.1 Å². The molecule has 0 saturated carbocycles. The summed E-state index contributed by atoms with van der Waals surface area (Å²) in [6, 6.07) is 12.2. The Kier molecular flexibility index (Phi) is 5.04. The zero-order valence-electron chi connectivity index (χ0n) is 12.5. The van der Waals surface area contributed by atoms with Gasteiger partial charge in [-0.2, -0.15) is 0 Å². The van der Waals surface area contributed by atoms with Gasteiger partial charge in [-0.25, -0.2) is 4.98 Å². The van der Waals surface area contributed by atoms with Crippen LogP contribution in [0.2, 0.25) is 10.0 Å². The lowest BCUT2D eigenvalue weighted by Gasteiger charge is -2.03. The van der Waals surface area contributed by atoms with Gasteiger partial charge < -0.3 is 4.74 Å². The highest BCUT2D eigenvalue weighted by molar-refractivity contribution is 7.14. The van der Waals surface area contributed by atoms with E-state index in [1.807, 2.05) is 29.6 Å². The van der Waals surface area contributed by atoms with Crippen LogP contribution in [0.5, 0.6) is 5.75 Å². The fourth-order valence-electron chi connectivity index (χ4n) is 2.08. The van der Waals surface area contributed by atoms with E-state index < -0.39 is 0 Å². The molecule has 0 aliphatic carbocycles. The maximum atomic E-state index is 12.3. The zero-order valence-corrected chi connectivity index (χ0v) is 14.9. The minimum atomic E-state index is -0.310. The summed E-state index contributed by atoms with van der Waals surface area (Å²) in [6.07, 6.45) is 0. The van der Waals surface area contributed by atoms with Crippen LogP contribution in [0.3, 0.4) is 0 Å². The second-order valence-electron chi connectivity index (χ2n) is 4.88. The molecule has 1 N–H and O–H groups in total.